The summed E-state index contributed by atoms with van der Waals surface area (Å²) in [7, 11) is 0. The number of anilines is 2. The second-order valence-electron chi connectivity index (χ2n) is 7.79. The van der Waals surface area contributed by atoms with Crippen LogP contribution in [0.1, 0.15) is 15.2 Å². The molecule has 1 aliphatic rings. The molecule has 4 aromatic rings. The summed E-state index contributed by atoms with van der Waals surface area (Å²) in [6.07, 6.45) is 1.35. The zero-order valence-corrected chi connectivity index (χ0v) is 18.2. The van der Waals surface area contributed by atoms with Gasteiger partial charge in [0.15, 0.2) is 0 Å². The summed E-state index contributed by atoms with van der Waals surface area (Å²) < 4.78 is 14.2. The molecular formula is C23H19FN4O4S. The van der Waals surface area contributed by atoms with Crippen molar-refractivity contribution in [3.8, 4) is 0 Å². The Kier molecular flexibility index (Phi) is 5.29. The average Bonchev–Trinajstić information content (AvgIpc) is 3.51. The molecule has 33 heavy (non-hydrogen) atoms. The number of benzene rings is 1. The number of hydrogen-bond acceptors (Lipinski definition) is 7. The number of hydrogen-bond donors (Lipinski definition) is 2. The van der Waals surface area contributed by atoms with Gasteiger partial charge in [0, 0.05) is 54.7 Å². The molecule has 5 rings (SSSR count). The first-order valence-electron chi connectivity index (χ1n) is 10.4. The van der Waals surface area contributed by atoms with Crippen molar-refractivity contribution < 1.29 is 14.0 Å². The lowest BCUT2D eigenvalue weighted by Crippen LogP contribution is -2.54. The molecule has 0 saturated carbocycles. The SMILES string of the molecule is O=C(C(=O)N1CCN(c2c(NCc3cccs3)c(=O)c2=O)CC1)c1c[nH]c2cccc(F)c12. The van der Waals surface area contributed by atoms with E-state index >= 15 is 0 Å². The largest absolute Gasteiger partial charge is 0.375 e. The van der Waals surface area contributed by atoms with Crippen molar-refractivity contribution in [3.63, 3.8) is 0 Å². The van der Waals surface area contributed by atoms with Crippen LogP contribution in [-0.2, 0) is 11.3 Å². The normalized spacial score (nSPS) is 14.2. The Labute approximate surface area is 190 Å². The van der Waals surface area contributed by atoms with Crippen LogP contribution in [0.4, 0.5) is 15.8 Å². The maximum absolute atomic E-state index is 14.2. The van der Waals surface area contributed by atoms with Crippen LogP contribution in [0.5, 0.6) is 0 Å². The van der Waals surface area contributed by atoms with Gasteiger partial charge in [-0.15, -0.1) is 11.3 Å². The highest BCUT2D eigenvalue weighted by molar-refractivity contribution is 7.09. The van der Waals surface area contributed by atoms with E-state index in [2.05, 4.69) is 10.3 Å². The summed E-state index contributed by atoms with van der Waals surface area (Å²) >= 11 is 1.55. The Bertz CT molecular complexity index is 1430. The van der Waals surface area contributed by atoms with Crippen LogP contribution in [0, 0.1) is 5.82 Å². The van der Waals surface area contributed by atoms with Crippen LogP contribution in [0.3, 0.4) is 0 Å². The zero-order chi connectivity index (χ0) is 23.1. The number of H-pyrrole nitrogens is 1. The number of aromatic nitrogens is 1. The Hall–Kier alpha value is -3.79. The van der Waals surface area contributed by atoms with Crippen LogP contribution in [0.2, 0.25) is 0 Å². The minimum atomic E-state index is -0.785. The maximum atomic E-state index is 14.2. The molecule has 0 atom stereocenters. The molecule has 0 spiro atoms. The monoisotopic (exact) mass is 466 g/mol. The fourth-order valence-electron chi connectivity index (χ4n) is 4.15. The highest BCUT2D eigenvalue weighted by Gasteiger charge is 2.32. The van der Waals surface area contributed by atoms with Crippen molar-refractivity contribution in [1.82, 2.24) is 9.88 Å². The zero-order valence-electron chi connectivity index (χ0n) is 17.4. The summed E-state index contributed by atoms with van der Waals surface area (Å²) in [6, 6.07) is 8.24. The van der Waals surface area contributed by atoms with Crippen LogP contribution in [0.25, 0.3) is 10.9 Å². The highest BCUT2D eigenvalue weighted by atomic mass is 32.1. The standard InChI is InChI=1S/C23H19FN4O4S/c24-15-4-1-5-16-17(15)14(12-25-16)20(29)23(32)28-8-6-27(7-9-28)19-18(21(30)22(19)31)26-11-13-3-2-10-33-13/h1-5,10,12,25-26H,6-9,11H2. The third-order valence-corrected chi connectivity index (χ3v) is 6.76. The summed E-state index contributed by atoms with van der Waals surface area (Å²) in [5, 5.41) is 5.08. The molecule has 1 fully saturated rings. The van der Waals surface area contributed by atoms with Crippen LogP contribution >= 0.6 is 11.3 Å². The van der Waals surface area contributed by atoms with Crippen LogP contribution < -0.4 is 21.1 Å². The van der Waals surface area contributed by atoms with Crippen molar-refractivity contribution in [1.29, 1.82) is 0 Å². The molecule has 2 aromatic carbocycles. The fraction of sp³-hybridized carbons (Fsp3) is 0.217. The molecule has 168 valence electrons. The van der Waals surface area contributed by atoms with Gasteiger partial charge in [-0.3, -0.25) is 19.2 Å². The van der Waals surface area contributed by atoms with E-state index in [0.29, 0.717) is 36.5 Å². The number of halogens is 1. The topological polar surface area (TPSA) is 103 Å². The van der Waals surface area contributed by atoms with E-state index < -0.39 is 28.4 Å². The van der Waals surface area contributed by atoms with Crippen molar-refractivity contribution in [2.24, 2.45) is 0 Å². The molecule has 3 heterocycles. The molecule has 2 aromatic heterocycles. The highest BCUT2D eigenvalue weighted by Crippen LogP contribution is 2.25. The van der Waals surface area contributed by atoms with Crippen molar-refractivity contribution in [3.05, 3.63) is 78.6 Å². The third kappa shape index (κ3) is 3.62. The third-order valence-electron chi connectivity index (χ3n) is 5.88. The Morgan fingerprint density at radius 3 is 2.58 bits per heavy atom. The number of carbonyl (C=O) groups excluding carboxylic acids is 2. The number of nitrogens with one attached hydrogen (secondary N) is 2. The van der Waals surface area contributed by atoms with Crippen LogP contribution in [-0.4, -0.2) is 47.8 Å². The van der Waals surface area contributed by atoms with Crippen LogP contribution in [0.15, 0.2) is 51.5 Å². The van der Waals surface area contributed by atoms with Gasteiger partial charge in [-0.2, -0.15) is 0 Å². The lowest BCUT2D eigenvalue weighted by Gasteiger charge is -2.36. The molecule has 0 aliphatic carbocycles. The number of ketones is 1. The van der Waals surface area contributed by atoms with Gasteiger partial charge in [-0.25, -0.2) is 4.39 Å². The number of nitrogens with zero attached hydrogens (tertiary/aromatic N) is 2. The van der Waals surface area contributed by atoms with Gasteiger partial charge in [0.25, 0.3) is 22.5 Å². The summed E-state index contributed by atoms with van der Waals surface area (Å²) in [4.78, 5) is 56.9. The number of aromatic amines is 1. The number of thiophene rings is 1. The molecule has 8 nitrogen and oxygen atoms in total. The lowest BCUT2D eigenvalue weighted by atomic mass is 10.1. The summed E-state index contributed by atoms with van der Waals surface area (Å²) in [5.74, 6) is -2.08. The molecule has 1 amide bonds. The number of Topliss-reactive ketones (excluding diaryl/α,β-unsaturated/α-hetero) is 1. The van der Waals surface area contributed by atoms with Gasteiger partial charge in [0.1, 0.15) is 17.2 Å². The minimum absolute atomic E-state index is 0.00179. The van der Waals surface area contributed by atoms with E-state index in [1.165, 1.54) is 23.2 Å². The smallest absolute Gasteiger partial charge is 0.295 e. The van der Waals surface area contributed by atoms with E-state index in [9.17, 15) is 23.6 Å². The van der Waals surface area contributed by atoms with Crippen molar-refractivity contribution >= 4 is 45.3 Å². The van der Waals surface area contributed by atoms with E-state index in [-0.39, 0.29) is 24.0 Å². The molecule has 1 saturated heterocycles. The predicted octanol–water partition coefficient (Wildman–Crippen LogP) is 2.11. The second kappa shape index (κ2) is 8.28. The first-order chi connectivity index (χ1) is 16.0. The molecular weight excluding hydrogens is 447 g/mol. The predicted molar refractivity (Wildman–Crippen MR) is 124 cm³/mol. The van der Waals surface area contributed by atoms with Gasteiger partial charge >= 0.3 is 0 Å². The summed E-state index contributed by atoms with van der Waals surface area (Å²) in [6.45, 7) is 1.47. The van der Waals surface area contributed by atoms with Gasteiger partial charge < -0.3 is 20.1 Å². The van der Waals surface area contributed by atoms with Crippen molar-refractivity contribution in [2.75, 3.05) is 36.4 Å². The molecule has 2 N–H and O–H groups in total. The first kappa shape index (κ1) is 21.1. The number of piperazine rings is 1. The number of rotatable bonds is 6. The quantitative estimate of drug-likeness (QED) is 0.333. The van der Waals surface area contributed by atoms with E-state index in [1.807, 2.05) is 17.5 Å². The van der Waals surface area contributed by atoms with Gasteiger partial charge in [-0.1, -0.05) is 12.1 Å². The lowest BCUT2D eigenvalue weighted by molar-refractivity contribution is -0.126. The van der Waals surface area contributed by atoms with E-state index in [4.69, 9.17) is 0 Å². The molecule has 10 heteroatoms. The average molecular weight is 466 g/mol. The van der Waals surface area contributed by atoms with E-state index in [1.54, 1.807) is 22.3 Å². The first-order valence-corrected chi connectivity index (χ1v) is 11.3. The number of fused-ring (bicyclic) bond motifs is 1. The molecule has 0 bridgehead atoms. The van der Waals surface area contributed by atoms with Gasteiger partial charge in [0.05, 0.1) is 5.56 Å². The maximum Gasteiger partial charge on any atom is 0.295 e. The second-order valence-corrected chi connectivity index (χ2v) is 8.82. The Morgan fingerprint density at radius 2 is 1.85 bits per heavy atom. The number of amides is 1. The summed E-state index contributed by atoms with van der Waals surface area (Å²) in [5.41, 5.74) is -0.0330. The van der Waals surface area contributed by atoms with Gasteiger partial charge in [0.2, 0.25) is 0 Å². The minimum Gasteiger partial charge on any atom is -0.375 e. The molecule has 0 radical (unpaired) electrons. The number of carbonyl (C=O) groups is 2. The Morgan fingerprint density at radius 1 is 1.06 bits per heavy atom. The molecule has 0 unspecified atom stereocenters. The van der Waals surface area contributed by atoms with E-state index in [0.717, 1.165) is 4.88 Å². The van der Waals surface area contributed by atoms with Crippen molar-refractivity contribution in [2.45, 2.75) is 6.54 Å². The fourth-order valence-corrected chi connectivity index (χ4v) is 4.79. The Balaban J connectivity index is 1.26. The molecule has 1 aliphatic heterocycles. The van der Waals surface area contributed by atoms with Gasteiger partial charge in [-0.05, 0) is 23.6 Å².